The maximum absolute atomic E-state index is 12.7. The first-order chi connectivity index (χ1) is 10.5. The number of benzene rings is 1. The van der Waals surface area contributed by atoms with Gasteiger partial charge in [-0.15, -0.1) is 0 Å². The molecule has 0 atom stereocenters. The van der Waals surface area contributed by atoms with Crippen molar-refractivity contribution in [3.63, 3.8) is 0 Å². The third-order valence-corrected chi connectivity index (χ3v) is 4.40. The number of ketones is 1. The molecule has 1 saturated heterocycles. The van der Waals surface area contributed by atoms with Gasteiger partial charge in [0.1, 0.15) is 5.78 Å². The monoisotopic (exact) mass is 371 g/mol. The molecule has 0 aromatic heterocycles. The molecule has 1 aromatic rings. The third kappa shape index (κ3) is 3.04. The summed E-state index contributed by atoms with van der Waals surface area (Å²) >= 11 is 3.40. The smallest absolute Gasteiger partial charge is 0.255 e. The molecule has 0 saturated carbocycles. The molecule has 2 rings (SSSR count). The molecule has 1 fully saturated rings. The number of Topliss-reactive ketones (excluding diaryl/α,β-unsaturated/α-hetero) is 1. The molecule has 1 amide bonds. The van der Waals surface area contributed by atoms with Gasteiger partial charge in [0, 0.05) is 25.9 Å². The first-order valence-corrected chi connectivity index (χ1v) is 7.62. The van der Waals surface area contributed by atoms with E-state index in [2.05, 4.69) is 15.9 Å². The van der Waals surface area contributed by atoms with Crippen molar-refractivity contribution in [2.24, 2.45) is 0 Å². The van der Waals surface area contributed by atoms with Gasteiger partial charge in [0.05, 0.1) is 31.4 Å². The van der Waals surface area contributed by atoms with Crippen LogP contribution in [0.2, 0.25) is 0 Å². The summed E-state index contributed by atoms with van der Waals surface area (Å²) < 4.78 is 16.4. The van der Waals surface area contributed by atoms with Crippen LogP contribution in [0.4, 0.5) is 0 Å². The second-order valence-electron chi connectivity index (χ2n) is 4.84. The number of carbonyl (C=O) groups is 2. The van der Waals surface area contributed by atoms with E-state index >= 15 is 0 Å². The first-order valence-electron chi connectivity index (χ1n) is 6.82. The molecule has 0 bridgehead atoms. The Morgan fingerprint density at radius 2 is 1.68 bits per heavy atom. The van der Waals surface area contributed by atoms with Crippen LogP contribution in [0.1, 0.15) is 23.2 Å². The molecule has 0 N–H and O–H groups in total. The van der Waals surface area contributed by atoms with Gasteiger partial charge in [0.2, 0.25) is 5.75 Å². The van der Waals surface area contributed by atoms with Crippen LogP contribution in [0.5, 0.6) is 17.2 Å². The lowest BCUT2D eigenvalue weighted by molar-refractivity contribution is -0.120. The summed E-state index contributed by atoms with van der Waals surface area (Å²) in [6, 6.07) is 1.62. The van der Waals surface area contributed by atoms with Crippen molar-refractivity contribution in [2.75, 3.05) is 34.4 Å². The van der Waals surface area contributed by atoms with E-state index in [0.717, 1.165) is 0 Å². The number of hydrogen-bond donors (Lipinski definition) is 0. The molecule has 22 heavy (non-hydrogen) atoms. The number of hydrogen-bond acceptors (Lipinski definition) is 5. The molecule has 120 valence electrons. The summed E-state index contributed by atoms with van der Waals surface area (Å²) in [4.78, 5) is 25.7. The highest BCUT2D eigenvalue weighted by molar-refractivity contribution is 9.10. The average Bonchev–Trinajstić information content (AvgIpc) is 2.54. The third-order valence-electron chi connectivity index (χ3n) is 3.61. The van der Waals surface area contributed by atoms with E-state index in [1.165, 1.54) is 21.3 Å². The highest BCUT2D eigenvalue weighted by Crippen LogP contribution is 2.45. The minimum absolute atomic E-state index is 0.168. The Balaban J connectivity index is 2.42. The fourth-order valence-corrected chi connectivity index (χ4v) is 3.03. The Labute approximate surface area is 137 Å². The topological polar surface area (TPSA) is 65.1 Å². The summed E-state index contributed by atoms with van der Waals surface area (Å²) in [5.74, 6) is 1.26. The van der Waals surface area contributed by atoms with Gasteiger partial charge in [-0.1, -0.05) is 0 Å². The fourth-order valence-electron chi connectivity index (χ4n) is 2.41. The predicted molar refractivity (Wildman–Crippen MR) is 83.9 cm³/mol. The van der Waals surface area contributed by atoms with Gasteiger partial charge >= 0.3 is 0 Å². The summed E-state index contributed by atoms with van der Waals surface area (Å²) in [6.07, 6.45) is 0.793. The van der Waals surface area contributed by atoms with Crippen molar-refractivity contribution >= 4 is 27.6 Å². The van der Waals surface area contributed by atoms with E-state index in [9.17, 15) is 9.59 Å². The summed E-state index contributed by atoms with van der Waals surface area (Å²) in [6.45, 7) is 0.863. The molecule has 1 aliphatic heterocycles. The number of methoxy groups -OCH3 is 3. The molecule has 6 nitrogen and oxygen atoms in total. The second-order valence-corrected chi connectivity index (χ2v) is 5.63. The van der Waals surface area contributed by atoms with Gasteiger partial charge in [-0.05, 0) is 22.0 Å². The number of nitrogens with zero attached hydrogens (tertiary/aromatic N) is 1. The van der Waals surface area contributed by atoms with E-state index in [0.29, 0.717) is 53.2 Å². The zero-order chi connectivity index (χ0) is 16.3. The standard InChI is InChI=1S/C15H18BrNO5/c1-20-11-8-10(12(16)14(22-3)13(11)21-2)15(19)17-6-4-9(18)5-7-17/h8H,4-7H2,1-3H3. The summed E-state index contributed by atoms with van der Waals surface area (Å²) in [7, 11) is 4.50. The lowest BCUT2D eigenvalue weighted by Gasteiger charge is -2.27. The quantitative estimate of drug-likeness (QED) is 0.812. The number of halogens is 1. The molecule has 0 spiro atoms. The van der Waals surface area contributed by atoms with E-state index < -0.39 is 0 Å². The van der Waals surface area contributed by atoms with Crippen LogP contribution in [-0.2, 0) is 4.79 Å². The minimum atomic E-state index is -0.168. The lowest BCUT2D eigenvalue weighted by atomic mass is 10.1. The number of ether oxygens (including phenoxy) is 3. The van der Waals surface area contributed by atoms with Gasteiger partial charge in [-0.2, -0.15) is 0 Å². The van der Waals surface area contributed by atoms with Crippen molar-refractivity contribution in [3.05, 3.63) is 16.1 Å². The highest BCUT2D eigenvalue weighted by Gasteiger charge is 2.27. The molecule has 0 radical (unpaired) electrons. The zero-order valence-electron chi connectivity index (χ0n) is 12.8. The molecule has 1 heterocycles. The first kappa shape index (κ1) is 16.6. The average molecular weight is 372 g/mol. The lowest BCUT2D eigenvalue weighted by Crippen LogP contribution is -2.38. The SMILES string of the molecule is COc1cc(C(=O)N2CCC(=O)CC2)c(Br)c(OC)c1OC. The van der Waals surface area contributed by atoms with Crippen LogP contribution in [0.3, 0.4) is 0 Å². The Hall–Kier alpha value is -1.76. The van der Waals surface area contributed by atoms with Gasteiger partial charge < -0.3 is 19.1 Å². The molecular formula is C15H18BrNO5. The van der Waals surface area contributed by atoms with Gasteiger partial charge in [-0.3, -0.25) is 9.59 Å². The van der Waals surface area contributed by atoms with Crippen molar-refractivity contribution in [1.82, 2.24) is 4.90 Å². The second kappa shape index (κ2) is 7.00. The molecule has 0 aliphatic carbocycles. The number of likely N-dealkylation sites (tertiary alicyclic amines) is 1. The maximum Gasteiger partial charge on any atom is 0.255 e. The fraction of sp³-hybridized carbons (Fsp3) is 0.467. The largest absolute Gasteiger partial charge is 0.493 e. The normalized spacial score (nSPS) is 14.7. The van der Waals surface area contributed by atoms with E-state index in [1.54, 1.807) is 11.0 Å². The number of carbonyl (C=O) groups excluding carboxylic acids is 2. The Bertz CT molecular complexity index is 592. The molecule has 0 unspecified atom stereocenters. The Morgan fingerprint density at radius 3 is 2.18 bits per heavy atom. The van der Waals surface area contributed by atoms with Crippen LogP contribution in [-0.4, -0.2) is 51.0 Å². The van der Waals surface area contributed by atoms with E-state index in [-0.39, 0.29) is 11.7 Å². The highest BCUT2D eigenvalue weighted by atomic mass is 79.9. The molecular weight excluding hydrogens is 354 g/mol. The van der Waals surface area contributed by atoms with Gasteiger partial charge in [0.25, 0.3) is 5.91 Å². The number of rotatable bonds is 4. The van der Waals surface area contributed by atoms with E-state index in [1.807, 2.05) is 0 Å². The van der Waals surface area contributed by atoms with Crippen LogP contribution >= 0.6 is 15.9 Å². The van der Waals surface area contributed by atoms with Crippen LogP contribution in [0.25, 0.3) is 0 Å². The van der Waals surface area contributed by atoms with E-state index in [4.69, 9.17) is 14.2 Å². The summed E-state index contributed by atoms with van der Waals surface area (Å²) in [5, 5.41) is 0. The van der Waals surface area contributed by atoms with Crippen molar-refractivity contribution in [2.45, 2.75) is 12.8 Å². The van der Waals surface area contributed by atoms with Gasteiger partial charge in [0.15, 0.2) is 11.5 Å². The maximum atomic E-state index is 12.7. The predicted octanol–water partition coefficient (Wildman–Crippen LogP) is 2.28. The number of amides is 1. The van der Waals surface area contributed by atoms with Crippen LogP contribution < -0.4 is 14.2 Å². The van der Waals surface area contributed by atoms with Crippen LogP contribution in [0, 0.1) is 0 Å². The zero-order valence-corrected chi connectivity index (χ0v) is 14.4. The van der Waals surface area contributed by atoms with Crippen molar-refractivity contribution in [1.29, 1.82) is 0 Å². The molecule has 7 heteroatoms. The minimum Gasteiger partial charge on any atom is -0.493 e. The van der Waals surface area contributed by atoms with Crippen molar-refractivity contribution in [3.8, 4) is 17.2 Å². The Morgan fingerprint density at radius 1 is 1.09 bits per heavy atom. The van der Waals surface area contributed by atoms with Crippen molar-refractivity contribution < 1.29 is 23.8 Å². The van der Waals surface area contributed by atoms with Gasteiger partial charge in [-0.25, -0.2) is 0 Å². The molecule has 1 aromatic carbocycles. The molecule has 1 aliphatic rings. The number of piperidine rings is 1. The summed E-state index contributed by atoms with van der Waals surface area (Å²) in [5.41, 5.74) is 0.420. The van der Waals surface area contributed by atoms with Crippen LogP contribution in [0.15, 0.2) is 10.5 Å². The Kier molecular flexibility index (Phi) is 5.28.